The normalized spacial score (nSPS) is 9.94. The minimum atomic E-state index is -0.697. The van der Waals surface area contributed by atoms with E-state index < -0.39 is 11.8 Å². The van der Waals surface area contributed by atoms with Crippen LogP contribution in [0.4, 0.5) is 0 Å². The number of hydrogen-bond acceptors (Lipinski definition) is 3. The number of rotatable bonds is 6. The number of thiocarbonyl (C=S) groups is 1. The molecule has 2 amide bonds. The molecule has 92 valence electrons. The molecule has 0 saturated heterocycles. The van der Waals surface area contributed by atoms with Crippen LogP contribution in [0.15, 0.2) is 0 Å². The molecule has 0 aliphatic rings. The second kappa shape index (κ2) is 8.04. The number of hydrogen-bond donors (Lipinski definition) is 3. The average molecular weight is 245 g/mol. The molecule has 4 N–H and O–H groups in total. The lowest BCUT2D eigenvalue weighted by molar-refractivity contribution is -0.139. The van der Waals surface area contributed by atoms with E-state index in [9.17, 15) is 9.59 Å². The van der Waals surface area contributed by atoms with Crippen molar-refractivity contribution in [1.82, 2.24) is 10.6 Å². The highest BCUT2D eigenvalue weighted by atomic mass is 32.1. The van der Waals surface area contributed by atoms with Crippen LogP contribution in [-0.2, 0) is 9.59 Å². The van der Waals surface area contributed by atoms with Gasteiger partial charge in [0.2, 0.25) is 0 Å². The van der Waals surface area contributed by atoms with Gasteiger partial charge in [0, 0.05) is 6.54 Å². The Kier molecular flexibility index (Phi) is 7.45. The van der Waals surface area contributed by atoms with Crippen LogP contribution in [0.25, 0.3) is 0 Å². The largest absolute Gasteiger partial charge is 0.392 e. The van der Waals surface area contributed by atoms with Gasteiger partial charge in [-0.25, -0.2) is 0 Å². The highest BCUT2D eigenvalue weighted by Gasteiger charge is 2.11. The number of carbonyl (C=O) groups excluding carboxylic acids is 2. The summed E-state index contributed by atoms with van der Waals surface area (Å²) in [5.41, 5.74) is 5.18. The second-order valence-corrected chi connectivity index (χ2v) is 4.47. The lowest BCUT2D eigenvalue weighted by Gasteiger charge is -2.06. The van der Waals surface area contributed by atoms with E-state index in [1.807, 2.05) is 0 Å². The summed E-state index contributed by atoms with van der Waals surface area (Å²) in [6.07, 6.45) is 1.89. The molecule has 0 fully saturated rings. The van der Waals surface area contributed by atoms with Crippen LogP contribution in [0, 0.1) is 5.92 Å². The minimum Gasteiger partial charge on any atom is -0.392 e. The SMILES string of the molecule is CC(C)CCCNC(=O)C(=O)NCC(N)=S. The first-order valence-corrected chi connectivity index (χ1v) is 5.68. The Morgan fingerprint density at radius 1 is 1.25 bits per heavy atom. The van der Waals surface area contributed by atoms with Gasteiger partial charge in [0.15, 0.2) is 0 Å². The predicted octanol–water partition coefficient (Wildman–Crippen LogP) is -0.0589. The molecule has 0 unspecified atom stereocenters. The Balaban J connectivity index is 3.63. The van der Waals surface area contributed by atoms with Crippen molar-refractivity contribution in [3.05, 3.63) is 0 Å². The maximum absolute atomic E-state index is 11.2. The molecular weight excluding hydrogens is 226 g/mol. The Morgan fingerprint density at radius 3 is 2.31 bits per heavy atom. The van der Waals surface area contributed by atoms with Gasteiger partial charge in [-0.1, -0.05) is 26.1 Å². The first kappa shape index (κ1) is 14.8. The summed E-state index contributed by atoms with van der Waals surface area (Å²) in [6, 6.07) is 0. The molecule has 0 aliphatic heterocycles. The van der Waals surface area contributed by atoms with Crippen LogP contribution in [0.3, 0.4) is 0 Å². The minimum absolute atomic E-state index is 0.0492. The molecule has 0 aromatic rings. The molecule has 0 radical (unpaired) electrons. The van der Waals surface area contributed by atoms with Crippen molar-refractivity contribution in [3.8, 4) is 0 Å². The monoisotopic (exact) mass is 245 g/mol. The molecule has 0 rings (SSSR count). The van der Waals surface area contributed by atoms with Crippen molar-refractivity contribution in [2.24, 2.45) is 11.7 Å². The summed E-state index contributed by atoms with van der Waals surface area (Å²) in [5, 5.41) is 4.84. The second-order valence-electron chi connectivity index (χ2n) is 3.94. The molecule has 0 bridgehead atoms. The molecule has 0 spiro atoms. The van der Waals surface area contributed by atoms with Crippen molar-refractivity contribution in [2.75, 3.05) is 13.1 Å². The van der Waals surface area contributed by atoms with Crippen LogP contribution in [0.2, 0.25) is 0 Å². The number of carbonyl (C=O) groups is 2. The summed E-state index contributed by atoms with van der Waals surface area (Å²) in [7, 11) is 0. The quantitative estimate of drug-likeness (QED) is 0.348. The van der Waals surface area contributed by atoms with E-state index in [0.717, 1.165) is 12.8 Å². The molecule has 0 saturated carbocycles. The van der Waals surface area contributed by atoms with Crippen molar-refractivity contribution in [1.29, 1.82) is 0 Å². The first-order valence-electron chi connectivity index (χ1n) is 5.27. The van der Waals surface area contributed by atoms with E-state index in [0.29, 0.717) is 12.5 Å². The maximum Gasteiger partial charge on any atom is 0.309 e. The Morgan fingerprint density at radius 2 is 1.81 bits per heavy atom. The van der Waals surface area contributed by atoms with E-state index in [4.69, 9.17) is 5.73 Å². The fraction of sp³-hybridized carbons (Fsp3) is 0.700. The fourth-order valence-corrected chi connectivity index (χ4v) is 1.11. The fourth-order valence-electron chi connectivity index (χ4n) is 1.04. The molecule has 0 atom stereocenters. The summed E-state index contributed by atoms with van der Waals surface area (Å²) >= 11 is 4.57. The zero-order valence-corrected chi connectivity index (χ0v) is 10.5. The molecule has 6 heteroatoms. The van der Waals surface area contributed by atoms with Gasteiger partial charge in [0.1, 0.15) is 0 Å². The Hall–Kier alpha value is -1.17. The summed E-state index contributed by atoms with van der Waals surface area (Å²) in [4.78, 5) is 22.5. The van der Waals surface area contributed by atoms with Gasteiger partial charge in [-0.2, -0.15) is 0 Å². The van der Waals surface area contributed by atoms with E-state index in [1.165, 1.54) is 0 Å². The van der Waals surface area contributed by atoms with E-state index >= 15 is 0 Å². The third-order valence-corrected chi connectivity index (χ3v) is 2.02. The van der Waals surface area contributed by atoms with Crippen LogP contribution in [0.5, 0.6) is 0 Å². The summed E-state index contributed by atoms with van der Waals surface area (Å²) < 4.78 is 0. The Bertz CT molecular complexity index is 267. The highest BCUT2D eigenvalue weighted by molar-refractivity contribution is 7.80. The van der Waals surface area contributed by atoms with Gasteiger partial charge in [-0.05, 0) is 18.8 Å². The molecule has 16 heavy (non-hydrogen) atoms. The van der Waals surface area contributed by atoms with Gasteiger partial charge >= 0.3 is 11.8 Å². The van der Waals surface area contributed by atoms with Gasteiger partial charge in [-0.3, -0.25) is 9.59 Å². The maximum atomic E-state index is 11.2. The van der Waals surface area contributed by atoms with Crippen LogP contribution < -0.4 is 16.4 Å². The van der Waals surface area contributed by atoms with Crippen molar-refractivity contribution >= 4 is 29.0 Å². The van der Waals surface area contributed by atoms with Gasteiger partial charge < -0.3 is 16.4 Å². The standard InChI is InChI=1S/C10H19N3O2S/c1-7(2)4-3-5-12-9(14)10(15)13-6-8(11)16/h7H,3-6H2,1-2H3,(H2,11,16)(H,12,14)(H,13,15). The van der Waals surface area contributed by atoms with Crippen molar-refractivity contribution in [2.45, 2.75) is 26.7 Å². The molecule has 0 heterocycles. The predicted molar refractivity (Wildman–Crippen MR) is 66.9 cm³/mol. The van der Waals surface area contributed by atoms with E-state index in [2.05, 4.69) is 36.7 Å². The zero-order valence-electron chi connectivity index (χ0n) is 9.71. The van der Waals surface area contributed by atoms with Crippen LogP contribution in [0.1, 0.15) is 26.7 Å². The third kappa shape index (κ3) is 8.16. The van der Waals surface area contributed by atoms with Crippen LogP contribution in [-0.4, -0.2) is 29.9 Å². The zero-order chi connectivity index (χ0) is 12.6. The van der Waals surface area contributed by atoms with Gasteiger partial charge in [0.05, 0.1) is 11.5 Å². The van der Waals surface area contributed by atoms with Crippen molar-refractivity contribution in [3.63, 3.8) is 0 Å². The van der Waals surface area contributed by atoms with Crippen LogP contribution >= 0.6 is 12.2 Å². The molecule has 0 aromatic heterocycles. The van der Waals surface area contributed by atoms with Gasteiger partial charge in [0.25, 0.3) is 0 Å². The molecule has 0 aliphatic carbocycles. The number of nitrogens with one attached hydrogen (secondary N) is 2. The Labute approximate surface area is 101 Å². The highest BCUT2D eigenvalue weighted by Crippen LogP contribution is 2.01. The van der Waals surface area contributed by atoms with Gasteiger partial charge in [-0.15, -0.1) is 0 Å². The average Bonchev–Trinajstić information content (AvgIpc) is 2.20. The lowest BCUT2D eigenvalue weighted by Crippen LogP contribution is -2.43. The van der Waals surface area contributed by atoms with Crippen molar-refractivity contribution < 1.29 is 9.59 Å². The summed E-state index contributed by atoms with van der Waals surface area (Å²) in [6.45, 7) is 4.78. The van der Waals surface area contributed by atoms with E-state index in [-0.39, 0.29) is 11.5 Å². The topological polar surface area (TPSA) is 84.2 Å². The lowest BCUT2D eigenvalue weighted by atomic mass is 10.1. The molecule has 5 nitrogen and oxygen atoms in total. The van der Waals surface area contributed by atoms with E-state index in [1.54, 1.807) is 0 Å². The summed E-state index contributed by atoms with van der Waals surface area (Å²) in [5.74, 6) is -0.738. The molecule has 0 aromatic carbocycles. The first-order chi connectivity index (χ1) is 7.43. The number of amides is 2. The smallest absolute Gasteiger partial charge is 0.309 e. The molecular formula is C10H19N3O2S. The third-order valence-electron chi connectivity index (χ3n) is 1.87. The number of nitrogens with two attached hydrogens (primary N) is 1.